The molecule has 1 fully saturated rings. The predicted molar refractivity (Wildman–Crippen MR) is 94.2 cm³/mol. The quantitative estimate of drug-likeness (QED) is 0.782. The fourth-order valence-corrected chi connectivity index (χ4v) is 3.86. The molecule has 1 aliphatic heterocycles. The van der Waals surface area contributed by atoms with Crippen molar-refractivity contribution in [3.05, 3.63) is 51.5 Å². The number of aromatic nitrogens is 1. The SMILES string of the molecule is Cc1nc(CCc2ccccc2)sc1C(=O)N1CCN(C=O)CC1. The van der Waals surface area contributed by atoms with Gasteiger partial charge in [0, 0.05) is 32.6 Å². The number of carbonyl (C=O) groups is 2. The Kier molecular flexibility index (Phi) is 5.25. The minimum absolute atomic E-state index is 0.0431. The van der Waals surface area contributed by atoms with E-state index in [2.05, 4.69) is 17.1 Å². The summed E-state index contributed by atoms with van der Waals surface area (Å²) in [5.41, 5.74) is 2.09. The third-order valence-corrected chi connectivity index (χ3v) is 5.46. The summed E-state index contributed by atoms with van der Waals surface area (Å²) in [6, 6.07) is 10.3. The first-order valence-electron chi connectivity index (χ1n) is 8.16. The number of piperazine rings is 1. The van der Waals surface area contributed by atoms with Gasteiger partial charge in [0.2, 0.25) is 6.41 Å². The summed E-state index contributed by atoms with van der Waals surface area (Å²) in [7, 11) is 0. The van der Waals surface area contributed by atoms with E-state index in [-0.39, 0.29) is 5.91 Å². The fourth-order valence-electron chi connectivity index (χ4n) is 2.83. The van der Waals surface area contributed by atoms with Crippen LogP contribution >= 0.6 is 11.3 Å². The summed E-state index contributed by atoms with van der Waals surface area (Å²) in [5, 5.41) is 1.01. The second-order valence-electron chi connectivity index (χ2n) is 5.94. The molecule has 0 bridgehead atoms. The molecule has 3 rings (SSSR count). The van der Waals surface area contributed by atoms with Crippen LogP contribution in [-0.2, 0) is 17.6 Å². The number of hydrogen-bond donors (Lipinski definition) is 0. The second-order valence-corrected chi connectivity index (χ2v) is 7.02. The number of amides is 2. The van der Waals surface area contributed by atoms with Crippen molar-refractivity contribution in [3.63, 3.8) is 0 Å². The fraction of sp³-hybridized carbons (Fsp3) is 0.389. The van der Waals surface area contributed by atoms with Gasteiger partial charge >= 0.3 is 0 Å². The highest BCUT2D eigenvalue weighted by atomic mass is 32.1. The van der Waals surface area contributed by atoms with Crippen molar-refractivity contribution in [2.45, 2.75) is 19.8 Å². The van der Waals surface area contributed by atoms with Crippen LogP contribution in [0.1, 0.15) is 25.9 Å². The first-order valence-corrected chi connectivity index (χ1v) is 8.98. The topological polar surface area (TPSA) is 53.5 Å². The molecule has 0 aliphatic carbocycles. The van der Waals surface area contributed by atoms with E-state index in [1.807, 2.05) is 30.0 Å². The van der Waals surface area contributed by atoms with Crippen LogP contribution in [0.3, 0.4) is 0 Å². The number of hydrogen-bond acceptors (Lipinski definition) is 4. The highest BCUT2D eigenvalue weighted by molar-refractivity contribution is 7.13. The zero-order valence-corrected chi connectivity index (χ0v) is 14.6. The first-order chi connectivity index (χ1) is 11.7. The Hall–Kier alpha value is -2.21. The third kappa shape index (κ3) is 3.82. The summed E-state index contributed by atoms with van der Waals surface area (Å²) in [5.74, 6) is 0.0431. The molecule has 0 saturated carbocycles. The maximum Gasteiger partial charge on any atom is 0.265 e. The molecule has 2 heterocycles. The highest BCUT2D eigenvalue weighted by Crippen LogP contribution is 2.22. The molecule has 1 saturated heterocycles. The zero-order valence-electron chi connectivity index (χ0n) is 13.8. The van der Waals surface area contributed by atoms with Crippen molar-refractivity contribution < 1.29 is 9.59 Å². The summed E-state index contributed by atoms with van der Waals surface area (Å²) in [4.78, 5) is 32.3. The molecule has 126 valence electrons. The molecule has 6 heteroatoms. The Morgan fingerprint density at radius 2 is 1.88 bits per heavy atom. The standard InChI is InChI=1S/C18H21N3O2S/c1-14-17(18(23)21-11-9-20(13-22)10-12-21)24-16(19-14)8-7-15-5-3-2-4-6-15/h2-6,13H,7-12H2,1H3. The summed E-state index contributed by atoms with van der Waals surface area (Å²) in [6.45, 7) is 4.29. The third-order valence-electron chi connectivity index (χ3n) is 4.26. The highest BCUT2D eigenvalue weighted by Gasteiger charge is 2.24. The Bertz CT molecular complexity index is 706. The lowest BCUT2D eigenvalue weighted by Gasteiger charge is -2.32. The lowest BCUT2D eigenvalue weighted by molar-refractivity contribution is -0.119. The summed E-state index contributed by atoms with van der Waals surface area (Å²) >= 11 is 1.50. The molecular formula is C18H21N3O2S. The van der Waals surface area contributed by atoms with Crippen molar-refractivity contribution in [2.24, 2.45) is 0 Å². The van der Waals surface area contributed by atoms with Gasteiger partial charge in [0.25, 0.3) is 5.91 Å². The molecule has 1 aliphatic rings. The molecule has 5 nitrogen and oxygen atoms in total. The molecule has 0 spiro atoms. The monoisotopic (exact) mass is 343 g/mol. The Morgan fingerprint density at radius 3 is 2.54 bits per heavy atom. The molecular weight excluding hydrogens is 322 g/mol. The summed E-state index contributed by atoms with van der Waals surface area (Å²) < 4.78 is 0. The molecule has 1 aromatic carbocycles. The Labute approximate surface area is 145 Å². The van der Waals surface area contributed by atoms with Gasteiger partial charge in [-0.3, -0.25) is 9.59 Å². The van der Waals surface area contributed by atoms with Crippen LogP contribution in [0.5, 0.6) is 0 Å². The van der Waals surface area contributed by atoms with Crippen LogP contribution in [0.15, 0.2) is 30.3 Å². The molecule has 24 heavy (non-hydrogen) atoms. The molecule has 0 radical (unpaired) electrons. The van der Waals surface area contributed by atoms with Crippen LogP contribution in [-0.4, -0.2) is 53.3 Å². The van der Waals surface area contributed by atoms with Gasteiger partial charge in [0.05, 0.1) is 10.7 Å². The average molecular weight is 343 g/mol. The minimum atomic E-state index is 0.0431. The van der Waals surface area contributed by atoms with E-state index in [9.17, 15) is 9.59 Å². The van der Waals surface area contributed by atoms with Crippen molar-refractivity contribution in [3.8, 4) is 0 Å². The van der Waals surface area contributed by atoms with Gasteiger partial charge in [-0.05, 0) is 18.9 Å². The molecule has 0 atom stereocenters. The first kappa shape index (κ1) is 16.6. The van der Waals surface area contributed by atoms with Crippen molar-refractivity contribution in [1.29, 1.82) is 0 Å². The summed E-state index contributed by atoms with van der Waals surface area (Å²) in [6.07, 6.45) is 2.63. The van der Waals surface area contributed by atoms with Gasteiger partial charge in [-0.2, -0.15) is 0 Å². The number of rotatable bonds is 5. The maximum absolute atomic E-state index is 12.7. The smallest absolute Gasteiger partial charge is 0.265 e. The molecule has 2 amide bonds. The lowest BCUT2D eigenvalue weighted by Crippen LogP contribution is -2.48. The van der Waals surface area contributed by atoms with E-state index in [0.717, 1.165) is 34.8 Å². The number of benzene rings is 1. The number of carbonyl (C=O) groups excluding carboxylic acids is 2. The van der Waals surface area contributed by atoms with Gasteiger partial charge in [-0.25, -0.2) is 4.98 Å². The Balaban J connectivity index is 1.63. The van der Waals surface area contributed by atoms with Crippen molar-refractivity contribution >= 4 is 23.7 Å². The van der Waals surface area contributed by atoms with Crippen LogP contribution in [0.2, 0.25) is 0 Å². The Morgan fingerprint density at radius 1 is 1.17 bits per heavy atom. The van der Waals surface area contributed by atoms with Crippen LogP contribution in [0.4, 0.5) is 0 Å². The van der Waals surface area contributed by atoms with Crippen LogP contribution < -0.4 is 0 Å². The van der Waals surface area contributed by atoms with Gasteiger partial charge in [0.1, 0.15) is 4.88 Å². The van der Waals surface area contributed by atoms with Gasteiger partial charge in [-0.15, -0.1) is 11.3 Å². The van der Waals surface area contributed by atoms with Gasteiger partial charge in [0.15, 0.2) is 0 Å². The van der Waals surface area contributed by atoms with E-state index in [0.29, 0.717) is 26.2 Å². The van der Waals surface area contributed by atoms with E-state index < -0.39 is 0 Å². The number of nitrogens with zero attached hydrogens (tertiary/aromatic N) is 3. The predicted octanol–water partition coefficient (Wildman–Crippen LogP) is 2.15. The number of thiazole rings is 1. The van der Waals surface area contributed by atoms with Crippen molar-refractivity contribution in [2.75, 3.05) is 26.2 Å². The van der Waals surface area contributed by atoms with E-state index in [1.165, 1.54) is 16.9 Å². The number of aryl methyl sites for hydroxylation is 3. The molecule has 2 aromatic rings. The van der Waals surface area contributed by atoms with E-state index in [4.69, 9.17) is 0 Å². The molecule has 1 aromatic heterocycles. The lowest BCUT2D eigenvalue weighted by atomic mass is 10.1. The zero-order chi connectivity index (χ0) is 16.9. The second kappa shape index (κ2) is 7.57. The van der Waals surface area contributed by atoms with E-state index >= 15 is 0 Å². The normalized spacial score (nSPS) is 14.7. The van der Waals surface area contributed by atoms with Crippen LogP contribution in [0, 0.1) is 6.92 Å². The van der Waals surface area contributed by atoms with Gasteiger partial charge in [-0.1, -0.05) is 30.3 Å². The molecule has 0 unspecified atom stereocenters. The molecule has 0 N–H and O–H groups in total. The van der Waals surface area contributed by atoms with Gasteiger partial charge < -0.3 is 9.80 Å². The largest absolute Gasteiger partial charge is 0.342 e. The van der Waals surface area contributed by atoms with Crippen molar-refractivity contribution in [1.82, 2.24) is 14.8 Å². The van der Waals surface area contributed by atoms with E-state index in [1.54, 1.807) is 4.90 Å². The maximum atomic E-state index is 12.7. The average Bonchev–Trinajstić information content (AvgIpc) is 3.01. The minimum Gasteiger partial charge on any atom is -0.342 e. The van der Waals surface area contributed by atoms with Crippen LogP contribution in [0.25, 0.3) is 0 Å².